The lowest BCUT2D eigenvalue weighted by Crippen LogP contribution is -2.32. The number of amides is 1. The minimum Gasteiger partial charge on any atom is -0.478 e. The lowest BCUT2D eigenvalue weighted by atomic mass is 10.3. The second-order valence-electron chi connectivity index (χ2n) is 3.26. The molecule has 0 atom stereocenters. The Bertz CT molecular complexity index is 248. The van der Waals surface area contributed by atoms with Crippen molar-refractivity contribution in [2.75, 3.05) is 26.2 Å². The Morgan fingerprint density at radius 3 is 2.44 bits per heavy atom. The van der Waals surface area contributed by atoms with Crippen LogP contribution in [0, 0.1) is 0 Å². The van der Waals surface area contributed by atoms with Crippen molar-refractivity contribution in [3.8, 4) is 0 Å². The van der Waals surface area contributed by atoms with Crippen LogP contribution in [0.5, 0.6) is 0 Å². The van der Waals surface area contributed by atoms with E-state index < -0.39 is 5.97 Å². The van der Waals surface area contributed by atoms with Gasteiger partial charge in [-0.3, -0.25) is 4.79 Å². The number of carboxylic acid groups (broad SMARTS) is 1. The monoisotopic (exact) mass is 228 g/mol. The van der Waals surface area contributed by atoms with Crippen molar-refractivity contribution in [1.82, 2.24) is 10.2 Å². The molecule has 0 fully saturated rings. The van der Waals surface area contributed by atoms with Crippen molar-refractivity contribution in [2.45, 2.75) is 20.3 Å². The predicted octanol–water partition coefficient (Wildman–Crippen LogP) is 0.475. The Balaban J connectivity index is 3.58. The summed E-state index contributed by atoms with van der Waals surface area (Å²) in [6.45, 7) is 6.40. The molecule has 0 aromatic heterocycles. The topological polar surface area (TPSA) is 69.6 Å². The molecule has 2 N–H and O–H groups in total. The predicted molar refractivity (Wildman–Crippen MR) is 62.2 cm³/mol. The van der Waals surface area contributed by atoms with Gasteiger partial charge in [0.2, 0.25) is 5.91 Å². The average Bonchev–Trinajstić information content (AvgIpc) is 2.24. The van der Waals surface area contributed by atoms with Gasteiger partial charge in [0.15, 0.2) is 0 Å². The van der Waals surface area contributed by atoms with Crippen LogP contribution in [0.4, 0.5) is 0 Å². The quantitative estimate of drug-likeness (QED) is 0.468. The van der Waals surface area contributed by atoms with Gasteiger partial charge in [0.25, 0.3) is 0 Å². The fourth-order valence-corrected chi connectivity index (χ4v) is 1.27. The minimum absolute atomic E-state index is 0.125. The molecule has 0 heterocycles. The maximum absolute atomic E-state index is 11.5. The second-order valence-corrected chi connectivity index (χ2v) is 3.26. The molecular formula is C11H20N2O3. The lowest BCUT2D eigenvalue weighted by molar-refractivity contribution is -0.132. The molecule has 0 aliphatic carbocycles. The summed E-state index contributed by atoms with van der Waals surface area (Å²) in [4.78, 5) is 23.4. The molecular weight excluding hydrogens is 208 g/mol. The van der Waals surface area contributed by atoms with Crippen LogP contribution in [0.2, 0.25) is 0 Å². The zero-order chi connectivity index (χ0) is 12.4. The van der Waals surface area contributed by atoms with E-state index in [0.717, 1.165) is 19.2 Å². The van der Waals surface area contributed by atoms with Crippen molar-refractivity contribution in [1.29, 1.82) is 0 Å². The van der Waals surface area contributed by atoms with E-state index in [1.54, 1.807) is 4.90 Å². The van der Waals surface area contributed by atoms with Gasteiger partial charge in [0.05, 0.1) is 0 Å². The van der Waals surface area contributed by atoms with Gasteiger partial charge in [-0.2, -0.15) is 0 Å². The van der Waals surface area contributed by atoms with E-state index in [-0.39, 0.29) is 5.91 Å². The molecule has 0 aromatic rings. The van der Waals surface area contributed by atoms with Crippen LogP contribution in [0.3, 0.4) is 0 Å². The van der Waals surface area contributed by atoms with E-state index in [2.05, 4.69) is 5.32 Å². The summed E-state index contributed by atoms with van der Waals surface area (Å²) in [6.07, 6.45) is 3.05. The van der Waals surface area contributed by atoms with E-state index in [0.29, 0.717) is 19.5 Å². The van der Waals surface area contributed by atoms with Crippen LogP contribution < -0.4 is 5.32 Å². The fraction of sp³-hybridized carbons (Fsp3) is 0.636. The van der Waals surface area contributed by atoms with Gasteiger partial charge >= 0.3 is 5.97 Å². The highest BCUT2D eigenvalue weighted by atomic mass is 16.4. The molecule has 0 spiro atoms. The van der Waals surface area contributed by atoms with E-state index in [1.165, 1.54) is 6.08 Å². The Kier molecular flexibility index (Phi) is 8.15. The van der Waals surface area contributed by atoms with Gasteiger partial charge in [-0.05, 0) is 13.8 Å². The third-order valence-corrected chi connectivity index (χ3v) is 2.15. The molecule has 0 saturated heterocycles. The number of hydrogen-bond acceptors (Lipinski definition) is 3. The first kappa shape index (κ1) is 14.6. The number of carbonyl (C=O) groups excluding carboxylic acids is 1. The van der Waals surface area contributed by atoms with Crippen molar-refractivity contribution in [3.63, 3.8) is 0 Å². The first-order chi connectivity index (χ1) is 7.61. The molecule has 16 heavy (non-hydrogen) atoms. The molecule has 0 radical (unpaired) electrons. The summed E-state index contributed by atoms with van der Waals surface area (Å²) in [5.74, 6) is -0.833. The van der Waals surface area contributed by atoms with Crippen LogP contribution >= 0.6 is 0 Å². The summed E-state index contributed by atoms with van der Waals surface area (Å²) >= 11 is 0. The van der Waals surface area contributed by atoms with Crippen LogP contribution in [0.25, 0.3) is 0 Å². The van der Waals surface area contributed by atoms with Gasteiger partial charge in [-0.15, -0.1) is 0 Å². The molecule has 5 heteroatoms. The summed E-state index contributed by atoms with van der Waals surface area (Å²) in [5, 5.41) is 11.3. The van der Waals surface area contributed by atoms with Crippen LogP contribution in [0.15, 0.2) is 12.2 Å². The fourth-order valence-electron chi connectivity index (χ4n) is 1.27. The molecule has 0 unspecified atom stereocenters. The van der Waals surface area contributed by atoms with E-state index in [1.807, 2.05) is 13.8 Å². The standard InChI is InChI=1S/C11H20N2O3/c1-3-13(4-2)10(14)7-9-12-8-5-6-11(15)16/h5-6,12H,3-4,7-9H2,1-2H3,(H,15,16)/b6-5+. The highest BCUT2D eigenvalue weighted by Crippen LogP contribution is 1.92. The maximum Gasteiger partial charge on any atom is 0.328 e. The number of aliphatic carboxylic acids is 1. The molecule has 0 rings (SSSR count). The molecule has 0 saturated carbocycles. The summed E-state index contributed by atoms with van der Waals surface area (Å²) in [5.41, 5.74) is 0. The first-order valence-electron chi connectivity index (χ1n) is 5.49. The molecule has 0 aliphatic heterocycles. The highest BCUT2D eigenvalue weighted by Gasteiger charge is 2.07. The third-order valence-electron chi connectivity index (χ3n) is 2.15. The Morgan fingerprint density at radius 1 is 1.31 bits per heavy atom. The molecule has 1 amide bonds. The highest BCUT2D eigenvalue weighted by molar-refractivity contribution is 5.79. The summed E-state index contributed by atoms with van der Waals surface area (Å²) < 4.78 is 0. The first-order valence-corrected chi connectivity index (χ1v) is 5.49. The summed E-state index contributed by atoms with van der Waals surface area (Å²) in [7, 11) is 0. The second kappa shape index (κ2) is 8.91. The van der Waals surface area contributed by atoms with Crippen LogP contribution in [-0.2, 0) is 9.59 Å². The SMILES string of the molecule is CCN(CC)C(=O)CCNC/C=C/C(=O)O. The molecule has 0 aromatic carbocycles. The smallest absolute Gasteiger partial charge is 0.328 e. The zero-order valence-electron chi connectivity index (χ0n) is 9.90. The minimum atomic E-state index is -0.957. The van der Waals surface area contributed by atoms with E-state index in [4.69, 9.17) is 5.11 Å². The van der Waals surface area contributed by atoms with Crippen molar-refractivity contribution in [2.24, 2.45) is 0 Å². The van der Waals surface area contributed by atoms with Crippen molar-refractivity contribution < 1.29 is 14.7 Å². The lowest BCUT2D eigenvalue weighted by Gasteiger charge is -2.18. The number of carboxylic acids is 1. The summed E-state index contributed by atoms with van der Waals surface area (Å²) in [6, 6.07) is 0. The van der Waals surface area contributed by atoms with Gasteiger partial charge < -0.3 is 15.3 Å². The zero-order valence-corrected chi connectivity index (χ0v) is 9.90. The van der Waals surface area contributed by atoms with Crippen molar-refractivity contribution in [3.05, 3.63) is 12.2 Å². The maximum atomic E-state index is 11.5. The number of rotatable bonds is 8. The Morgan fingerprint density at radius 2 is 1.94 bits per heavy atom. The molecule has 5 nitrogen and oxygen atoms in total. The van der Waals surface area contributed by atoms with Gasteiger partial charge in [0, 0.05) is 38.7 Å². The number of nitrogens with zero attached hydrogens (tertiary/aromatic N) is 1. The van der Waals surface area contributed by atoms with Gasteiger partial charge in [0.1, 0.15) is 0 Å². The number of hydrogen-bond donors (Lipinski definition) is 2. The molecule has 92 valence electrons. The van der Waals surface area contributed by atoms with Gasteiger partial charge in [-0.25, -0.2) is 4.79 Å². The normalized spacial score (nSPS) is 10.6. The van der Waals surface area contributed by atoms with Crippen LogP contribution in [0.1, 0.15) is 20.3 Å². The average molecular weight is 228 g/mol. The molecule has 0 aliphatic rings. The number of nitrogens with one attached hydrogen (secondary N) is 1. The Hall–Kier alpha value is -1.36. The van der Waals surface area contributed by atoms with E-state index >= 15 is 0 Å². The number of carbonyl (C=O) groups is 2. The van der Waals surface area contributed by atoms with Gasteiger partial charge in [-0.1, -0.05) is 6.08 Å². The largest absolute Gasteiger partial charge is 0.478 e. The third kappa shape index (κ3) is 7.00. The van der Waals surface area contributed by atoms with Crippen molar-refractivity contribution >= 4 is 11.9 Å². The Labute approximate surface area is 96.1 Å². The van der Waals surface area contributed by atoms with Crippen LogP contribution in [-0.4, -0.2) is 48.1 Å². The van der Waals surface area contributed by atoms with E-state index in [9.17, 15) is 9.59 Å². The molecule has 0 bridgehead atoms.